The zero-order valence-electron chi connectivity index (χ0n) is 19.7. The summed E-state index contributed by atoms with van der Waals surface area (Å²) >= 11 is 0. The van der Waals surface area contributed by atoms with Gasteiger partial charge in [0.15, 0.2) is 0 Å². The topological polar surface area (TPSA) is 0 Å². The van der Waals surface area contributed by atoms with E-state index < -0.39 is 0 Å². The molecular formula is C34H28Zr. The first-order valence-electron chi connectivity index (χ1n) is 11.5. The Kier molecular flexibility index (Phi) is 10.9. The van der Waals surface area contributed by atoms with Crippen molar-refractivity contribution < 1.29 is 26.2 Å². The molecule has 0 aromatic heterocycles. The van der Waals surface area contributed by atoms with Gasteiger partial charge in [0.2, 0.25) is 0 Å². The molecule has 0 radical (unpaired) electrons. The van der Waals surface area contributed by atoms with Crippen molar-refractivity contribution in [1.82, 2.24) is 0 Å². The molecule has 0 aliphatic carbocycles. The van der Waals surface area contributed by atoms with E-state index in [-0.39, 0.29) is 26.2 Å². The van der Waals surface area contributed by atoms with Crippen molar-refractivity contribution in [2.24, 2.45) is 0 Å². The van der Waals surface area contributed by atoms with Gasteiger partial charge < -0.3 is 0 Å². The van der Waals surface area contributed by atoms with Crippen LogP contribution in [0.3, 0.4) is 0 Å². The zero-order chi connectivity index (χ0) is 23.3. The summed E-state index contributed by atoms with van der Waals surface area (Å²) in [5, 5.41) is 5.32. The molecule has 168 valence electrons. The number of allylic oxidation sites excluding steroid dienone is 2. The molecule has 0 saturated carbocycles. The van der Waals surface area contributed by atoms with Crippen molar-refractivity contribution in [3.8, 4) is 0 Å². The molecule has 35 heavy (non-hydrogen) atoms. The average molecular weight is 528 g/mol. The van der Waals surface area contributed by atoms with E-state index in [1.807, 2.05) is 36.4 Å². The fourth-order valence-corrected chi connectivity index (χ4v) is 3.60. The van der Waals surface area contributed by atoms with Crippen molar-refractivity contribution in [2.75, 3.05) is 0 Å². The third-order valence-electron chi connectivity index (χ3n) is 5.38. The summed E-state index contributed by atoms with van der Waals surface area (Å²) < 4.78 is 0. The summed E-state index contributed by atoms with van der Waals surface area (Å²) in [7, 11) is 0. The van der Waals surface area contributed by atoms with Gasteiger partial charge in [0, 0.05) is 0 Å². The quantitative estimate of drug-likeness (QED) is 0.159. The summed E-state index contributed by atoms with van der Waals surface area (Å²) in [6.07, 6.45) is 8.31. The fraction of sp³-hybridized carbons (Fsp3) is 0. The predicted molar refractivity (Wildman–Crippen MR) is 150 cm³/mol. The van der Waals surface area contributed by atoms with E-state index in [2.05, 4.69) is 133 Å². The first kappa shape index (κ1) is 26.1. The number of benzene rings is 4. The Morgan fingerprint density at radius 3 is 1.17 bits per heavy atom. The van der Waals surface area contributed by atoms with Gasteiger partial charge in [0.1, 0.15) is 0 Å². The number of hydrogen-bond acceptors (Lipinski definition) is 0. The van der Waals surface area contributed by atoms with Crippen LogP contribution in [0.1, 0.15) is 11.1 Å². The van der Waals surface area contributed by atoms with E-state index in [4.69, 9.17) is 0 Å². The normalized spacial score (nSPS) is 10.4. The standard InChI is InChI=1S/C16H14.2C9H7.Zr/c1-3-9-15(10-4-1)13-7-8-14-16-11-5-2-6-12-16;2*1-2-5-9-7-3-6-8(9)4-1;/h1-14H;2*1-7H;/q;2*-1;+2. The largest absolute Gasteiger partial charge is 2.00 e. The van der Waals surface area contributed by atoms with Gasteiger partial charge in [0.05, 0.1) is 0 Å². The van der Waals surface area contributed by atoms with Gasteiger partial charge >= 0.3 is 26.2 Å². The molecular weight excluding hydrogens is 500 g/mol. The molecule has 0 saturated heterocycles. The first-order chi connectivity index (χ1) is 16.9. The molecule has 6 aromatic carbocycles. The van der Waals surface area contributed by atoms with Gasteiger partial charge in [-0.25, -0.2) is 0 Å². The van der Waals surface area contributed by atoms with Crippen LogP contribution in [-0.4, -0.2) is 0 Å². The average Bonchev–Trinajstić information content (AvgIpc) is 3.58. The first-order valence-corrected chi connectivity index (χ1v) is 11.5. The molecule has 0 heterocycles. The second-order valence-corrected chi connectivity index (χ2v) is 7.85. The van der Waals surface area contributed by atoms with Crippen LogP contribution in [-0.2, 0) is 26.2 Å². The molecule has 0 spiro atoms. The van der Waals surface area contributed by atoms with Crippen LogP contribution >= 0.6 is 0 Å². The van der Waals surface area contributed by atoms with Crippen LogP contribution in [0.5, 0.6) is 0 Å². The molecule has 0 atom stereocenters. The monoisotopic (exact) mass is 526 g/mol. The van der Waals surface area contributed by atoms with E-state index in [9.17, 15) is 0 Å². The molecule has 0 bridgehead atoms. The van der Waals surface area contributed by atoms with E-state index in [1.165, 1.54) is 32.7 Å². The van der Waals surface area contributed by atoms with Gasteiger partial charge in [-0.2, -0.15) is 35.0 Å². The zero-order valence-corrected chi connectivity index (χ0v) is 22.1. The van der Waals surface area contributed by atoms with E-state index in [0.29, 0.717) is 0 Å². The van der Waals surface area contributed by atoms with Crippen molar-refractivity contribution in [2.45, 2.75) is 0 Å². The predicted octanol–water partition coefficient (Wildman–Crippen LogP) is 9.53. The molecule has 1 heteroatoms. The summed E-state index contributed by atoms with van der Waals surface area (Å²) in [4.78, 5) is 0. The molecule has 0 nitrogen and oxygen atoms in total. The van der Waals surface area contributed by atoms with E-state index in [1.54, 1.807) is 0 Å². The minimum atomic E-state index is 0. The van der Waals surface area contributed by atoms with Crippen molar-refractivity contribution in [1.29, 1.82) is 0 Å². The van der Waals surface area contributed by atoms with Crippen LogP contribution in [0, 0.1) is 0 Å². The van der Waals surface area contributed by atoms with Crippen molar-refractivity contribution >= 4 is 33.7 Å². The SMILES string of the molecule is C(C=Cc1ccccc1)=Cc1ccccc1.[Zr+2].c1ccc2[cH-]ccc2c1.c1ccc2[cH-]ccc2c1. The van der Waals surface area contributed by atoms with Gasteiger partial charge in [-0.3, -0.25) is 0 Å². The number of hydrogen-bond donors (Lipinski definition) is 0. The van der Waals surface area contributed by atoms with Crippen LogP contribution in [0.2, 0.25) is 0 Å². The van der Waals surface area contributed by atoms with E-state index in [0.717, 1.165) is 0 Å². The molecule has 6 aromatic rings. The Bertz CT molecular complexity index is 1260. The Morgan fingerprint density at radius 1 is 0.400 bits per heavy atom. The molecule has 0 amide bonds. The summed E-state index contributed by atoms with van der Waals surface area (Å²) in [6, 6.07) is 49.9. The molecule has 0 aliphatic heterocycles. The Hall–Kier alpha value is -3.54. The molecule has 0 fully saturated rings. The van der Waals surface area contributed by atoms with Crippen molar-refractivity contribution in [3.05, 3.63) is 169 Å². The minimum Gasteiger partial charge on any atom is -0.168 e. The van der Waals surface area contributed by atoms with Crippen LogP contribution in [0.15, 0.2) is 158 Å². The summed E-state index contributed by atoms with van der Waals surface area (Å²) in [5.74, 6) is 0. The smallest absolute Gasteiger partial charge is 0.168 e. The van der Waals surface area contributed by atoms with E-state index >= 15 is 0 Å². The second-order valence-electron chi connectivity index (χ2n) is 7.85. The van der Waals surface area contributed by atoms with Gasteiger partial charge in [-0.05, 0) is 11.1 Å². The fourth-order valence-electron chi connectivity index (χ4n) is 3.60. The molecule has 0 N–H and O–H groups in total. The van der Waals surface area contributed by atoms with Crippen molar-refractivity contribution in [3.63, 3.8) is 0 Å². The van der Waals surface area contributed by atoms with Gasteiger partial charge in [-0.15, -0.1) is 59.3 Å². The number of rotatable bonds is 3. The van der Waals surface area contributed by atoms with Gasteiger partial charge in [-0.1, -0.05) is 97.1 Å². The molecule has 0 unspecified atom stereocenters. The molecule has 6 rings (SSSR count). The Morgan fingerprint density at radius 2 is 0.771 bits per heavy atom. The Balaban J connectivity index is 0.000000154. The third-order valence-corrected chi connectivity index (χ3v) is 5.38. The minimum absolute atomic E-state index is 0. The van der Waals surface area contributed by atoms with Crippen LogP contribution in [0.25, 0.3) is 33.7 Å². The third kappa shape index (κ3) is 8.63. The maximum atomic E-state index is 2.12. The molecule has 0 aliphatic rings. The Labute approximate surface area is 227 Å². The van der Waals surface area contributed by atoms with Crippen LogP contribution in [0.4, 0.5) is 0 Å². The summed E-state index contributed by atoms with van der Waals surface area (Å²) in [5.41, 5.74) is 2.44. The van der Waals surface area contributed by atoms with Gasteiger partial charge in [0.25, 0.3) is 0 Å². The van der Waals surface area contributed by atoms with Crippen LogP contribution < -0.4 is 0 Å². The maximum Gasteiger partial charge on any atom is 2.00 e. The number of fused-ring (bicyclic) bond motifs is 2. The second kappa shape index (κ2) is 14.7. The maximum absolute atomic E-state index is 2.12. The summed E-state index contributed by atoms with van der Waals surface area (Å²) in [6.45, 7) is 0.